The Balaban J connectivity index is 1.98. The van der Waals surface area contributed by atoms with Gasteiger partial charge in [-0.3, -0.25) is 4.79 Å². The first-order valence-corrected chi connectivity index (χ1v) is 11.0. The Kier molecular flexibility index (Phi) is 14.7. The molecule has 1 aliphatic rings. The molecule has 2 N–H and O–H groups in total. The van der Waals surface area contributed by atoms with E-state index in [1.807, 2.05) is 6.08 Å². The van der Waals surface area contributed by atoms with Gasteiger partial charge in [-0.1, -0.05) is 67.7 Å². The van der Waals surface area contributed by atoms with Gasteiger partial charge in [0.05, 0.1) is 18.8 Å². The van der Waals surface area contributed by atoms with Crippen LogP contribution in [0, 0.1) is 0 Å². The lowest BCUT2D eigenvalue weighted by Crippen LogP contribution is -2.34. The summed E-state index contributed by atoms with van der Waals surface area (Å²) in [4.78, 5) is 11.5. The molecule has 162 valence electrons. The number of hydrogen-bond acceptors (Lipinski definition) is 3. The Labute approximate surface area is 177 Å². The van der Waals surface area contributed by atoms with Crippen molar-refractivity contribution in [3.8, 4) is 0 Å². The second kappa shape index (κ2) is 17.0. The molecule has 1 fully saturated rings. The monoisotopic (exact) mass is 401 g/mol. The van der Waals surface area contributed by atoms with Gasteiger partial charge in [0.2, 0.25) is 5.91 Å². The molecule has 0 aromatic heterocycles. The van der Waals surface area contributed by atoms with Crippen molar-refractivity contribution in [2.24, 2.45) is 0 Å². The number of aliphatic hydroxyl groups is 1. The normalized spacial score (nSPS) is 20.7. The molecule has 0 radical (unpaired) electrons. The van der Waals surface area contributed by atoms with Crippen LogP contribution in [0.2, 0.25) is 0 Å². The van der Waals surface area contributed by atoms with Gasteiger partial charge < -0.3 is 15.2 Å². The van der Waals surface area contributed by atoms with Crippen molar-refractivity contribution in [3.63, 3.8) is 0 Å². The second-order valence-corrected chi connectivity index (χ2v) is 7.35. The van der Waals surface area contributed by atoms with Gasteiger partial charge in [-0.15, -0.1) is 0 Å². The van der Waals surface area contributed by atoms with Gasteiger partial charge in [0.25, 0.3) is 0 Å². The van der Waals surface area contributed by atoms with Crippen molar-refractivity contribution in [2.75, 3.05) is 6.61 Å². The fraction of sp³-hybridized carbons (Fsp3) is 0.560. The van der Waals surface area contributed by atoms with Crippen LogP contribution in [0.4, 0.5) is 0 Å². The van der Waals surface area contributed by atoms with Crippen molar-refractivity contribution in [1.82, 2.24) is 5.32 Å². The number of rotatable bonds is 16. The largest absolute Gasteiger partial charge is 0.394 e. The van der Waals surface area contributed by atoms with Gasteiger partial charge >= 0.3 is 0 Å². The van der Waals surface area contributed by atoms with Crippen molar-refractivity contribution in [1.29, 1.82) is 0 Å². The lowest BCUT2D eigenvalue weighted by molar-refractivity contribution is -0.121. The van der Waals surface area contributed by atoms with Gasteiger partial charge in [-0.05, 0) is 51.9 Å². The lowest BCUT2D eigenvalue weighted by atomic mass is 10.1. The highest BCUT2D eigenvalue weighted by Gasteiger charge is 2.35. The standard InChI is InChI=1S/C25H39NO3/c1-3-4-5-6-7-8-9-12-15-18-23-24(29-23)19-16-13-10-11-14-17-20-25(28)26-22(2)21-27/h4-5,7-8,11-16,22-24,27H,3,6,9-10,17-21H2,1-2H3,(H,26,28)/b5-4-,8-7-,14-11-,15-12-,16-13-. The van der Waals surface area contributed by atoms with Gasteiger partial charge in [0, 0.05) is 12.5 Å². The van der Waals surface area contributed by atoms with Crippen LogP contribution in [0.15, 0.2) is 60.8 Å². The third kappa shape index (κ3) is 14.7. The summed E-state index contributed by atoms with van der Waals surface area (Å²) in [5.74, 6) is -0.0159. The smallest absolute Gasteiger partial charge is 0.220 e. The van der Waals surface area contributed by atoms with E-state index in [2.05, 4.69) is 66.9 Å². The predicted molar refractivity (Wildman–Crippen MR) is 122 cm³/mol. The Morgan fingerprint density at radius 3 is 1.97 bits per heavy atom. The van der Waals surface area contributed by atoms with E-state index in [0.717, 1.165) is 44.9 Å². The highest BCUT2D eigenvalue weighted by Crippen LogP contribution is 2.29. The number of amides is 1. The van der Waals surface area contributed by atoms with E-state index in [-0.39, 0.29) is 18.6 Å². The van der Waals surface area contributed by atoms with Gasteiger partial charge in [0.15, 0.2) is 0 Å². The van der Waals surface area contributed by atoms with E-state index in [1.165, 1.54) is 0 Å². The quantitative estimate of drug-likeness (QED) is 0.277. The van der Waals surface area contributed by atoms with Crippen LogP contribution in [0.1, 0.15) is 65.2 Å². The zero-order valence-corrected chi connectivity index (χ0v) is 18.1. The Morgan fingerprint density at radius 2 is 1.41 bits per heavy atom. The first-order valence-electron chi connectivity index (χ1n) is 11.0. The van der Waals surface area contributed by atoms with Gasteiger partial charge in [-0.2, -0.15) is 0 Å². The molecule has 3 unspecified atom stereocenters. The molecular weight excluding hydrogens is 362 g/mol. The molecule has 0 saturated carbocycles. The first kappa shape index (κ1) is 25.1. The van der Waals surface area contributed by atoms with Crippen LogP contribution >= 0.6 is 0 Å². The molecule has 0 spiro atoms. The Bertz CT molecular complexity index is 575. The summed E-state index contributed by atoms with van der Waals surface area (Å²) in [6.45, 7) is 3.91. The maximum atomic E-state index is 11.5. The van der Waals surface area contributed by atoms with Crippen LogP contribution in [0.3, 0.4) is 0 Å². The molecule has 1 saturated heterocycles. The number of nitrogens with one attached hydrogen (secondary N) is 1. The van der Waals surface area contributed by atoms with E-state index in [4.69, 9.17) is 9.84 Å². The molecular formula is C25H39NO3. The molecule has 0 bridgehead atoms. The lowest BCUT2D eigenvalue weighted by Gasteiger charge is -2.09. The summed E-state index contributed by atoms with van der Waals surface area (Å²) in [7, 11) is 0. The van der Waals surface area contributed by atoms with Crippen molar-refractivity contribution < 1.29 is 14.6 Å². The van der Waals surface area contributed by atoms with Crippen molar-refractivity contribution >= 4 is 5.91 Å². The fourth-order valence-electron chi connectivity index (χ4n) is 2.76. The van der Waals surface area contributed by atoms with Crippen LogP contribution in [-0.2, 0) is 9.53 Å². The van der Waals surface area contributed by atoms with E-state index in [1.54, 1.807) is 6.92 Å². The molecule has 1 rings (SSSR count). The second-order valence-electron chi connectivity index (χ2n) is 7.35. The minimum Gasteiger partial charge on any atom is -0.394 e. The summed E-state index contributed by atoms with van der Waals surface area (Å²) in [5.41, 5.74) is 0. The zero-order chi connectivity index (χ0) is 21.2. The number of aliphatic hydroxyl groups excluding tert-OH is 1. The Morgan fingerprint density at radius 1 is 0.897 bits per heavy atom. The van der Waals surface area contributed by atoms with E-state index in [0.29, 0.717) is 18.6 Å². The highest BCUT2D eigenvalue weighted by atomic mass is 16.6. The number of carbonyl (C=O) groups is 1. The summed E-state index contributed by atoms with van der Waals surface area (Å²) in [6, 6.07) is -0.173. The third-order valence-electron chi connectivity index (χ3n) is 4.53. The number of ether oxygens (including phenoxy) is 1. The molecule has 29 heavy (non-hydrogen) atoms. The maximum absolute atomic E-state index is 11.5. The minimum absolute atomic E-state index is 0.0159. The molecule has 0 aromatic rings. The fourth-order valence-corrected chi connectivity index (χ4v) is 2.76. The van der Waals surface area contributed by atoms with Crippen LogP contribution in [0.5, 0.6) is 0 Å². The SMILES string of the molecule is CC/C=C\C/C=C\C/C=C\CC1OC1C/C=C\C/C=C\CCC(=O)NC(C)CO. The van der Waals surface area contributed by atoms with E-state index in [9.17, 15) is 4.79 Å². The average Bonchev–Trinajstić information content (AvgIpc) is 3.46. The van der Waals surface area contributed by atoms with Crippen LogP contribution in [-0.4, -0.2) is 35.9 Å². The molecule has 1 heterocycles. The first-order chi connectivity index (χ1) is 14.2. The maximum Gasteiger partial charge on any atom is 0.220 e. The highest BCUT2D eigenvalue weighted by molar-refractivity contribution is 5.76. The van der Waals surface area contributed by atoms with Gasteiger partial charge in [-0.25, -0.2) is 0 Å². The summed E-state index contributed by atoms with van der Waals surface area (Å²) >= 11 is 0. The third-order valence-corrected chi connectivity index (χ3v) is 4.53. The Hall–Kier alpha value is -1.91. The molecule has 4 nitrogen and oxygen atoms in total. The minimum atomic E-state index is -0.173. The average molecular weight is 402 g/mol. The zero-order valence-electron chi connectivity index (χ0n) is 18.1. The molecule has 0 aromatic carbocycles. The molecule has 4 heteroatoms. The summed E-state index contributed by atoms with van der Waals surface area (Å²) in [5, 5.41) is 11.6. The molecule has 3 atom stereocenters. The number of hydrogen-bond donors (Lipinski definition) is 2. The van der Waals surface area contributed by atoms with Crippen LogP contribution < -0.4 is 5.32 Å². The van der Waals surface area contributed by atoms with Crippen molar-refractivity contribution in [3.05, 3.63) is 60.8 Å². The molecule has 1 aliphatic heterocycles. The topological polar surface area (TPSA) is 61.9 Å². The summed E-state index contributed by atoms with van der Waals surface area (Å²) < 4.78 is 5.69. The number of carbonyl (C=O) groups excluding carboxylic acids is 1. The molecule has 1 amide bonds. The van der Waals surface area contributed by atoms with Gasteiger partial charge in [0.1, 0.15) is 0 Å². The number of allylic oxidation sites excluding steroid dienone is 8. The van der Waals surface area contributed by atoms with E-state index >= 15 is 0 Å². The van der Waals surface area contributed by atoms with Crippen molar-refractivity contribution in [2.45, 2.75) is 83.5 Å². The summed E-state index contributed by atoms with van der Waals surface area (Å²) in [6.07, 6.45) is 29.6. The number of epoxide rings is 1. The van der Waals surface area contributed by atoms with Crippen LogP contribution in [0.25, 0.3) is 0 Å². The van der Waals surface area contributed by atoms with E-state index < -0.39 is 0 Å². The molecule has 0 aliphatic carbocycles. The predicted octanol–water partition coefficient (Wildman–Crippen LogP) is 5.17.